The maximum Gasteiger partial charge on any atom is 0.310 e. The minimum atomic E-state index is -0.287. The van der Waals surface area contributed by atoms with E-state index in [4.69, 9.17) is 9.47 Å². The normalized spacial score (nSPS) is 11.2. The predicted octanol–water partition coefficient (Wildman–Crippen LogP) is 4.25. The molecular weight excluding hydrogens is 412 g/mol. The van der Waals surface area contributed by atoms with Gasteiger partial charge in [-0.25, -0.2) is 0 Å². The van der Waals surface area contributed by atoms with Crippen LogP contribution in [-0.4, -0.2) is 35.3 Å². The summed E-state index contributed by atoms with van der Waals surface area (Å²) < 4.78 is 14.1. The minimum absolute atomic E-state index is 0.177. The summed E-state index contributed by atoms with van der Waals surface area (Å²) in [6.45, 7) is 0. The standard InChI is InChI=1S/C24H24N2O4S/c1-25-19-11-7-5-9-15(19)17(13-21(27)29-3)23(25)31-24-18(14-22(28)30-4)16-10-6-8-12-20(16)26(24)2/h5-12H,13-14H2,1-4H3. The monoisotopic (exact) mass is 436 g/mol. The molecule has 0 saturated carbocycles. The Hall–Kier alpha value is -3.19. The molecule has 4 aromatic rings. The number of hydrogen-bond donors (Lipinski definition) is 0. The van der Waals surface area contributed by atoms with E-state index < -0.39 is 0 Å². The first kappa shape index (κ1) is 21.1. The van der Waals surface area contributed by atoms with E-state index in [1.165, 1.54) is 14.2 Å². The van der Waals surface area contributed by atoms with Crippen molar-refractivity contribution >= 4 is 45.5 Å². The molecule has 0 amide bonds. The SMILES string of the molecule is COC(=O)Cc1c(Sc2c(CC(=O)OC)c3ccccc3n2C)n(C)c2ccccc12. The smallest absolute Gasteiger partial charge is 0.310 e. The highest BCUT2D eigenvalue weighted by Gasteiger charge is 2.24. The second kappa shape index (κ2) is 8.51. The molecule has 0 fully saturated rings. The zero-order valence-electron chi connectivity index (χ0n) is 18.0. The second-order valence-corrected chi connectivity index (χ2v) is 8.31. The van der Waals surface area contributed by atoms with Gasteiger partial charge in [0, 0.05) is 47.0 Å². The Balaban J connectivity index is 1.92. The summed E-state index contributed by atoms with van der Waals surface area (Å²) in [5.41, 5.74) is 3.92. The van der Waals surface area contributed by atoms with E-state index in [-0.39, 0.29) is 24.8 Å². The van der Waals surface area contributed by atoms with Crippen LogP contribution in [0.15, 0.2) is 58.6 Å². The van der Waals surface area contributed by atoms with Crippen LogP contribution in [0.3, 0.4) is 0 Å². The maximum absolute atomic E-state index is 12.2. The van der Waals surface area contributed by atoms with Gasteiger partial charge in [-0.05, 0) is 12.1 Å². The summed E-state index contributed by atoms with van der Waals surface area (Å²) in [7, 11) is 6.79. The molecule has 0 aliphatic rings. The maximum atomic E-state index is 12.2. The highest BCUT2D eigenvalue weighted by molar-refractivity contribution is 7.99. The van der Waals surface area contributed by atoms with Crippen molar-refractivity contribution in [2.75, 3.05) is 14.2 Å². The van der Waals surface area contributed by atoms with Gasteiger partial charge in [0.25, 0.3) is 0 Å². The topological polar surface area (TPSA) is 62.5 Å². The van der Waals surface area contributed by atoms with Crippen LogP contribution in [0.4, 0.5) is 0 Å². The molecule has 2 heterocycles. The minimum Gasteiger partial charge on any atom is -0.469 e. The summed E-state index contributed by atoms with van der Waals surface area (Å²) in [5, 5.41) is 3.93. The number of fused-ring (bicyclic) bond motifs is 2. The number of esters is 2. The number of aromatic nitrogens is 2. The zero-order valence-corrected chi connectivity index (χ0v) is 18.8. The first-order valence-corrected chi connectivity index (χ1v) is 10.7. The molecule has 0 saturated heterocycles. The van der Waals surface area contributed by atoms with Crippen LogP contribution in [0.1, 0.15) is 11.1 Å². The third kappa shape index (κ3) is 3.70. The summed E-state index contributed by atoms with van der Waals surface area (Å²) in [6.07, 6.45) is 0.354. The van der Waals surface area contributed by atoms with E-state index >= 15 is 0 Å². The fourth-order valence-electron chi connectivity index (χ4n) is 4.02. The molecule has 0 atom stereocenters. The predicted molar refractivity (Wildman–Crippen MR) is 121 cm³/mol. The molecular formula is C24H24N2O4S. The van der Waals surface area contributed by atoms with Gasteiger partial charge >= 0.3 is 11.9 Å². The molecule has 2 aromatic heterocycles. The zero-order chi connectivity index (χ0) is 22.1. The van der Waals surface area contributed by atoms with E-state index in [2.05, 4.69) is 9.13 Å². The number of hydrogen-bond acceptors (Lipinski definition) is 5. The molecule has 0 radical (unpaired) electrons. The van der Waals surface area contributed by atoms with Crippen LogP contribution in [0.25, 0.3) is 21.8 Å². The Bertz CT molecular complexity index is 1200. The summed E-state index contributed by atoms with van der Waals surface area (Å²) in [5.74, 6) is -0.574. The number of aryl methyl sites for hydroxylation is 2. The lowest BCUT2D eigenvalue weighted by Gasteiger charge is -2.11. The Morgan fingerprint density at radius 3 is 1.52 bits per heavy atom. The molecule has 0 bridgehead atoms. The molecule has 7 heteroatoms. The van der Waals surface area contributed by atoms with Gasteiger partial charge in [0.2, 0.25) is 0 Å². The first-order valence-electron chi connectivity index (χ1n) is 9.90. The number of para-hydroxylation sites is 2. The van der Waals surface area contributed by atoms with E-state index in [0.717, 1.165) is 43.0 Å². The average molecular weight is 437 g/mol. The van der Waals surface area contributed by atoms with Gasteiger partial charge in [-0.3, -0.25) is 9.59 Å². The van der Waals surface area contributed by atoms with Gasteiger partial charge in [-0.15, -0.1) is 0 Å². The number of carbonyl (C=O) groups excluding carboxylic acids is 2. The van der Waals surface area contributed by atoms with Crippen molar-refractivity contribution in [3.8, 4) is 0 Å². The number of benzene rings is 2. The third-order valence-electron chi connectivity index (χ3n) is 5.60. The molecule has 0 aliphatic heterocycles. The molecule has 31 heavy (non-hydrogen) atoms. The molecule has 2 aromatic carbocycles. The lowest BCUT2D eigenvalue weighted by Crippen LogP contribution is -2.07. The van der Waals surface area contributed by atoms with Crippen LogP contribution in [0, 0.1) is 0 Å². The number of nitrogens with zero attached hydrogens (tertiary/aromatic N) is 2. The van der Waals surface area contributed by atoms with Crippen molar-refractivity contribution in [3.05, 3.63) is 59.7 Å². The molecule has 6 nitrogen and oxygen atoms in total. The van der Waals surface area contributed by atoms with Gasteiger partial charge < -0.3 is 18.6 Å². The first-order chi connectivity index (χ1) is 15.0. The largest absolute Gasteiger partial charge is 0.469 e. The Kier molecular flexibility index (Phi) is 5.78. The second-order valence-electron chi connectivity index (χ2n) is 7.33. The lowest BCUT2D eigenvalue weighted by atomic mass is 10.1. The summed E-state index contributed by atoms with van der Waals surface area (Å²) in [4.78, 5) is 24.4. The van der Waals surface area contributed by atoms with E-state index in [0.29, 0.717) is 0 Å². The Morgan fingerprint density at radius 1 is 0.742 bits per heavy atom. The van der Waals surface area contributed by atoms with Crippen molar-refractivity contribution in [2.45, 2.75) is 22.9 Å². The Labute approximate surface area is 184 Å². The Morgan fingerprint density at radius 2 is 1.13 bits per heavy atom. The highest BCUT2D eigenvalue weighted by Crippen LogP contribution is 2.41. The van der Waals surface area contributed by atoms with Crippen LogP contribution in [0.5, 0.6) is 0 Å². The molecule has 0 N–H and O–H groups in total. The average Bonchev–Trinajstić information content (AvgIpc) is 3.21. The number of rotatable bonds is 6. The summed E-state index contributed by atoms with van der Waals surface area (Å²) in [6, 6.07) is 16.0. The van der Waals surface area contributed by atoms with Crippen LogP contribution in [-0.2, 0) is 46.0 Å². The van der Waals surface area contributed by atoms with Crippen LogP contribution < -0.4 is 0 Å². The highest BCUT2D eigenvalue weighted by atomic mass is 32.2. The molecule has 0 unspecified atom stereocenters. The van der Waals surface area contributed by atoms with Crippen LogP contribution in [0.2, 0.25) is 0 Å². The van der Waals surface area contributed by atoms with Crippen LogP contribution >= 0.6 is 11.8 Å². The van der Waals surface area contributed by atoms with E-state index in [9.17, 15) is 9.59 Å². The third-order valence-corrected chi connectivity index (χ3v) is 7.02. The van der Waals surface area contributed by atoms with Gasteiger partial charge in [-0.2, -0.15) is 0 Å². The van der Waals surface area contributed by atoms with Crippen molar-refractivity contribution < 1.29 is 19.1 Å². The van der Waals surface area contributed by atoms with Crippen molar-refractivity contribution in [3.63, 3.8) is 0 Å². The summed E-state index contributed by atoms with van der Waals surface area (Å²) >= 11 is 1.56. The number of carbonyl (C=O) groups is 2. The molecule has 0 spiro atoms. The van der Waals surface area contributed by atoms with Gasteiger partial charge in [0.15, 0.2) is 0 Å². The quantitative estimate of drug-likeness (QED) is 0.423. The van der Waals surface area contributed by atoms with Gasteiger partial charge in [0.1, 0.15) is 0 Å². The molecule has 160 valence electrons. The van der Waals surface area contributed by atoms with E-state index in [1.54, 1.807) is 11.8 Å². The van der Waals surface area contributed by atoms with Gasteiger partial charge in [0.05, 0.1) is 37.1 Å². The number of methoxy groups -OCH3 is 2. The number of ether oxygens (including phenoxy) is 2. The fourth-order valence-corrected chi connectivity index (χ4v) is 5.29. The molecule has 0 aliphatic carbocycles. The lowest BCUT2D eigenvalue weighted by molar-refractivity contribution is -0.140. The fraction of sp³-hybridized carbons (Fsp3) is 0.250. The van der Waals surface area contributed by atoms with Crippen molar-refractivity contribution in [2.24, 2.45) is 14.1 Å². The van der Waals surface area contributed by atoms with Crippen molar-refractivity contribution in [1.82, 2.24) is 9.13 Å². The van der Waals surface area contributed by atoms with Crippen molar-refractivity contribution in [1.29, 1.82) is 0 Å². The molecule has 4 rings (SSSR count). The van der Waals surface area contributed by atoms with E-state index in [1.807, 2.05) is 62.6 Å². The van der Waals surface area contributed by atoms with Gasteiger partial charge in [-0.1, -0.05) is 48.2 Å².